The summed E-state index contributed by atoms with van der Waals surface area (Å²) in [4.78, 5) is 25.7. The van der Waals surface area contributed by atoms with Gasteiger partial charge in [-0.05, 0) is 43.7 Å². The summed E-state index contributed by atoms with van der Waals surface area (Å²) in [5, 5.41) is 4.14. The lowest BCUT2D eigenvalue weighted by Crippen LogP contribution is -2.09. The van der Waals surface area contributed by atoms with Gasteiger partial charge in [0, 0.05) is 17.6 Å². The van der Waals surface area contributed by atoms with E-state index in [0.717, 1.165) is 17.0 Å². The van der Waals surface area contributed by atoms with Crippen molar-refractivity contribution >= 4 is 11.4 Å². The van der Waals surface area contributed by atoms with Crippen LogP contribution in [0.3, 0.4) is 0 Å². The number of carbonyl (C=O) groups is 1. The first-order valence-corrected chi connectivity index (χ1v) is 8.48. The molecule has 4 heterocycles. The summed E-state index contributed by atoms with van der Waals surface area (Å²) < 4.78 is 7.35. The molecule has 0 fully saturated rings. The second-order valence-corrected chi connectivity index (χ2v) is 6.21. The number of aryl methyl sites for hydroxylation is 2. The molecule has 134 valence electrons. The standard InChI is InChI=1S/C20H17N5O2/c1-13-5-6-15(24-14(13)2)8-19(26)18-9-17(11-25-20(18)22-12-23-25)27-16-4-3-7-21-10-16/h3-7,9-12H,8H2,1-2H3. The van der Waals surface area contributed by atoms with E-state index >= 15 is 0 Å². The summed E-state index contributed by atoms with van der Waals surface area (Å²) in [6.45, 7) is 3.93. The minimum atomic E-state index is -0.0969. The minimum Gasteiger partial charge on any atom is -0.454 e. The van der Waals surface area contributed by atoms with E-state index in [4.69, 9.17) is 4.74 Å². The molecule has 0 amide bonds. The molecule has 0 aromatic carbocycles. The van der Waals surface area contributed by atoms with Crippen LogP contribution in [-0.4, -0.2) is 30.3 Å². The number of pyridine rings is 3. The molecule has 0 aliphatic carbocycles. The third-order valence-corrected chi connectivity index (χ3v) is 4.27. The van der Waals surface area contributed by atoms with E-state index in [1.807, 2.05) is 26.0 Å². The quantitative estimate of drug-likeness (QED) is 0.508. The molecular formula is C20H17N5O2. The molecule has 4 rings (SSSR count). The Bertz CT molecular complexity index is 1120. The van der Waals surface area contributed by atoms with Gasteiger partial charge in [-0.1, -0.05) is 6.07 Å². The minimum absolute atomic E-state index is 0.0969. The molecule has 0 radical (unpaired) electrons. The SMILES string of the molecule is Cc1ccc(CC(=O)c2cc(Oc3cccnc3)cn3ncnc23)nc1C. The topological polar surface area (TPSA) is 82.3 Å². The van der Waals surface area contributed by atoms with Crippen molar-refractivity contribution in [3.8, 4) is 11.5 Å². The van der Waals surface area contributed by atoms with Gasteiger partial charge in [-0.3, -0.25) is 14.8 Å². The van der Waals surface area contributed by atoms with Gasteiger partial charge in [0.05, 0.1) is 24.4 Å². The number of hydrogen-bond acceptors (Lipinski definition) is 6. The van der Waals surface area contributed by atoms with Crippen molar-refractivity contribution in [1.29, 1.82) is 0 Å². The van der Waals surface area contributed by atoms with E-state index < -0.39 is 0 Å². The zero-order valence-electron chi connectivity index (χ0n) is 15.0. The molecule has 7 heteroatoms. The van der Waals surface area contributed by atoms with Crippen LogP contribution in [0.4, 0.5) is 0 Å². The molecule has 0 spiro atoms. The Labute approximate surface area is 155 Å². The third-order valence-electron chi connectivity index (χ3n) is 4.27. The molecule has 4 aromatic rings. The van der Waals surface area contributed by atoms with Crippen molar-refractivity contribution < 1.29 is 9.53 Å². The predicted octanol–water partition coefficient (Wildman–Crippen LogP) is 3.35. The van der Waals surface area contributed by atoms with Gasteiger partial charge in [0.2, 0.25) is 0 Å². The molecule has 0 saturated heterocycles. The maximum absolute atomic E-state index is 12.9. The summed E-state index contributed by atoms with van der Waals surface area (Å²) in [5.41, 5.74) is 3.66. The van der Waals surface area contributed by atoms with E-state index in [1.54, 1.807) is 36.8 Å². The Balaban J connectivity index is 1.68. The number of fused-ring (bicyclic) bond motifs is 1. The Morgan fingerprint density at radius 2 is 2.07 bits per heavy atom. The number of aromatic nitrogens is 5. The van der Waals surface area contributed by atoms with E-state index in [9.17, 15) is 4.79 Å². The Morgan fingerprint density at radius 3 is 2.85 bits per heavy atom. The smallest absolute Gasteiger partial charge is 0.172 e. The molecule has 0 aliphatic rings. The number of nitrogens with zero attached hydrogens (tertiary/aromatic N) is 5. The number of carbonyl (C=O) groups excluding carboxylic acids is 1. The summed E-state index contributed by atoms with van der Waals surface area (Å²) >= 11 is 0. The molecule has 4 aromatic heterocycles. The highest BCUT2D eigenvalue weighted by atomic mass is 16.5. The number of rotatable bonds is 5. The largest absolute Gasteiger partial charge is 0.454 e. The summed E-state index contributed by atoms with van der Waals surface area (Å²) in [5.74, 6) is 0.962. The van der Waals surface area contributed by atoms with Gasteiger partial charge in [-0.15, -0.1) is 0 Å². The van der Waals surface area contributed by atoms with Crippen LogP contribution in [0.25, 0.3) is 5.65 Å². The van der Waals surface area contributed by atoms with Gasteiger partial charge >= 0.3 is 0 Å². The monoisotopic (exact) mass is 359 g/mol. The molecule has 0 atom stereocenters. The van der Waals surface area contributed by atoms with E-state index in [1.165, 1.54) is 10.8 Å². The molecular weight excluding hydrogens is 342 g/mol. The number of Topliss-reactive ketones (excluding diaryl/α,β-unsaturated/α-hetero) is 1. The van der Waals surface area contributed by atoms with Crippen molar-refractivity contribution in [3.63, 3.8) is 0 Å². The first kappa shape index (κ1) is 16.8. The van der Waals surface area contributed by atoms with Crippen LogP contribution < -0.4 is 4.74 Å². The maximum atomic E-state index is 12.9. The summed E-state index contributed by atoms with van der Waals surface area (Å²) in [6, 6.07) is 9.09. The van der Waals surface area contributed by atoms with Crippen LogP contribution in [0.2, 0.25) is 0 Å². The first-order chi connectivity index (χ1) is 13.1. The van der Waals surface area contributed by atoms with Crippen LogP contribution in [-0.2, 0) is 6.42 Å². The van der Waals surface area contributed by atoms with Crippen LogP contribution in [0.5, 0.6) is 11.5 Å². The Kier molecular flexibility index (Phi) is 4.33. The predicted molar refractivity (Wildman–Crippen MR) is 99.0 cm³/mol. The second kappa shape index (κ2) is 6.95. The Morgan fingerprint density at radius 1 is 1.19 bits per heavy atom. The van der Waals surface area contributed by atoms with Gasteiger partial charge < -0.3 is 4.74 Å². The first-order valence-electron chi connectivity index (χ1n) is 8.48. The average Bonchev–Trinajstić information content (AvgIpc) is 3.13. The summed E-state index contributed by atoms with van der Waals surface area (Å²) in [7, 11) is 0. The second-order valence-electron chi connectivity index (χ2n) is 6.21. The molecule has 0 unspecified atom stereocenters. The number of hydrogen-bond donors (Lipinski definition) is 0. The van der Waals surface area contributed by atoms with Gasteiger partial charge in [0.15, 0.2) is 11.4 Å². The normalized spacial score (nSPS) is 10.9. The lowest BCUT2D eigenvalue weighted by molar-refractivity contribution is 0.0992. The molecule has 0 aliphatic heterocycles. The van der Waals surface area contributed by atoms with Gasteiger partial charge in [-0.25, -0.2) is 9.50 Å². The van der Waals surface area contributed by atoms with Gasteiger partial charge in [-0.2, -0.15) is 5.10 Å². The lowest BCUT2D eigenvalue weighted by Gasteiger charge is -2.09. The molecule has 27 heavy (non-hydrogen) atoms. The van der Waals surface area contributed by atoms with E-state index in [-0.39, 0.29) is 12.2 Å². The van der Waals surface area contributed by atoms with Crippen LogP contribution in [0, 0.1) is 13.8 Å². The third kappa shape index (κ3) is 3.52. The zero-order chi connectivity index (χ0) is 18.8. The molecule has 0 N–H and O–H groups in total. The highest BCUT2D eigenvalue weighted by molar-refractivity contribution is 6.02. The highest BCUT2D eigenvalue weighted by Gasteiger charge is 2.16. The molecule has 7 nitrogen and oxygen atoms in total. The van der Waals surface area contributed by atoms with Crippen molar-refractivity contribution in [2.24, 2.45) is 0 Å². The van der Waals surface area contributed by atoms with Gasteiger partial charge in [0.25, 0.3) is 0 Å². The van der Waals surface area contributed by atoms with Crippen molar-refractivity contribution in [2.45, 2.75) is 20.3 Å². The van der Waals surface area contributed by atoms with Crippen molar-refractivity contribution in [3.05, 3.63) is 77.8 Å². The number of ketones is 1. The fraction of sp³-hybridized carbons (Fsp3) is 0.150. The highest BCUT2D eigenvalue weighted by Crippen LogP contribution is 2.24. The van der Waals surface area contributed by atoms with E-state index in [2.05, 4.69) is 20.1 Å². The Hall–Kier alpha value is -3.61. The van der Waals surface area contributed by atoms with E-state index in [0.29, 0.717) is 22.7 Å². The maximum Gasteiger partial charge on any atom is 0.172 e. The lowest BCUT2D eigenvalue weighted by atomic mass is 10.1. The molecule has 0 bridgehead atoms. The zero-order valence-corrected chi connectivity index (χ0v) is 15.0. The molecule has 0 saturated carbocycles. The van der Waals surface area contributed by atoms with Crippen molar-refractivity contribution in [2.75, 3.05) is 0 Å². The van der Waals surface area contributed by atoms with Gasteiger partial charge in [0.1, 0.15) is 17.8 Å². The van der Waals surface area contributed by atoms with Crippen LogP contribution in [0.1, 0.15) is 27.3 Å². The van der Waals surface area contributed by atoms with Crippen LogP contribution >= 0.6 is 0 Å². The number of ether oxygens (including phenoxy) is 1. The average molecular weight is 359 g/mol. The fourth-order valence-electron chi connectivity index (χ4n) is 2.75. The van der Waals surface area contributed by atoms with Crippen molar-refractivity contribution in [1.82, 2.24) is 24.6 Å². The fourth-order valence-corrected chi connectivity index (χ4v) is 2.75. The van der Waals surface area contributed by atoms with Crippen LogP contribution in [0.15, 0.2) is 55.2 Å². The summed E-state index contributed by atoms with van der Waals surface area (Å²) in [6.07, 6.45) is 6.54.